The second kappa shape index (κ2) is 5.51. The first-order valence-corrected chi connectivity index (χ1v) is 6.53. The van der Waals surface area contributed by atoms with Crippen LogP contribution >= 0.6 is 0 Å². The van der Waals surface area contributed by atoms with Crippen molar-refractivity contribution >= 4 is 5.97 Å². The minimum Gasteiger partial charge on any atom is -0.481 e. The number of oxazole rings is 1. The molecule has 0 spiro atoms. The van der Waals surface area contributed by atoms with Gasteiger partial charge in [-0.1, -0.05) is 0 Å². The highest BCUT2D eigenvalue weighted by molar-refractivity contribution is 5.76. The van der Waals surface area contributed by atoms with Crippen LogP contribution in [0.1, 0.15) is 41.4 Å². The molecule has 0 saturated carbocycles. The van der Waals surface area contributed by atoms with Crippen LogP contribution in [0.2, 0.25) is 0 Å². The Labute approximate surface area is 121 Å². The Morgan fingerprint density at radius 2 is 2.10 bits per heavy atom. The van der Waals surface area contributed by atoms with Crippen molar-refractivity contribution in [1.82, 2.24) is 14.5 Å². The van der Waals surface area contributed by atoms with Crippen molar-refractivity contribution in [2.45, 2.75) is 40.2 Å². The van der Waals surface area contributed by atoms with Gasteiger partial charge in [-0.2, -0.15) is 4.98 Å². The van der Waals surface area contributed by atoms with Gasteiger partial charge in [0, 0.05) is 17.0 Å². The Bertz CT molecular complexity index is 745. The molecule has 0 aliphatic rings. The first-order chi connectivity index (χ1) is 9.81. The molecule has 0 aliphatic heterocycles. The highest BCUT2D eigenvalue weighted by atomic mass is 16.4. The van der Waals surface area contributed by atoms with Gasteiger partial charge in [-0.3, -0.25) is 9.36 Å². The number of rotatable bonds is 4. The lowest BCUT2D eigenvalue weighted by atomic mass is 9.98. The van der Waals surface area contributed by atoms with Crippen molar-refractivity contribution in [3.8, 4) is 0 Å². The van der Waals surface area contributed by atoms with Gasteiger partial charge in [-0.15, -0.1) is 0 Å². The standard InChI is InChI=1S/C14H17N3O4/c1-7-5-15-11(21-7)6-17-10(4)12(8(2)13(18)19)9(3)16-14(17)20/h5,8H,6H2,1-4H3,(H,18,19). The van der Waals surface area contributed by atoms with Gasteiger partial charge in [0.2, 0.25) is 5.89 Å². The Balaban J connectivity index is 2.53. The molecule has 2 heterocycles. The number of aliphatic carboxylic acids is 1. The largest absolute Gasteiger partial charge is 0.481 e. The molecule has 7 heteroatoms. The number of carboxylic acid groups (broad SMARTS) is 1. The van der Waals surface area contributed by atoms with Gasteiger partial charge in [0.15, 0.2) is 0 Å². The molecule has 1 unspecified atom stereocenters. The van der Waals surface area contributed by atoms with Gasteiger partial charge in [0.25, 0.3) is 0 Å². The molecule has 112 valence electrons. The summed E-state index contributed by atoms with van der Waals surface area (Å²) in [5.41, 5.74) is 1.11. The van der Waals surface area contributed by atoms with Crippen molar-refractivity contribution < 1.29 is 14.3 Å². The second-order valence-corrected chi connectivity index (χ2v) is 4.99. The van der Waals surface area contributed by atoms with Crippen LogP contribution < -0.4 is 5.69 Å². The van der Waals surface area contributed by atoms with E-state index in [1.54, 1.807) is 33.9 Å². The van der Waals surface area contributed by atoms with Gasteiger partial charge in [-0.25, -0.2) is 9.78 Å². The molecule has 1 atom stereocenters. The van der Waals surface area contributed by atoms with Crippen molar-refractivity contribution in [1.29, 1.82) is 0 Å². The third-order valence-electron chi connectivity index (χ3n) is 3.44. The van der Waals surface area contributed by atoms with Crippen LogP contribution in [0.15, 0.2) is 15.4 Å². The average molecular weight is 291 g/mol. The maximum Gasteiger partial charge on any atom is 0.348 e. The van der Waals surface area contributed by atoms with Gasteiger partial charge in [-0.05, 0) is 27.7 Å². The van der Waals surface area contributed by atoms with Crippen LogP contribution in [0.25, 0.3) is 0 Å². The zero-order chi connectivity index (χ0) is 15.7. The van der Waals surface area contributed by atoms with Crippen molar-refractivity contribution in [3.05, 3.63) is 45.3 Å². The van der Waals surface area contributed by atoms with Gasteiger partial charge >= 0.3 is 11.7 Å². The van der Waals surface area contributed by atoms with Gasteiger partial charge in [0.05, 0.1) is 12.1 Å². The van der Waals surface area contributed by atoms with Crippen molar-refractivity contribution in [2.75, 3.05) is 0 Å². The van der Waals surface area contributed by atoms with E-state index in [2.05, 4.69) is 9.97 Å². The maximum atomic E-state index is 12.1. The number of nitrogens with zero attached hydrogens (tertiary/aromatic N) is 3. The fraction of sp³-hybridized carbons (Fsp3) is 0.429. The Hall–Kier alpha value is -2.44. The molecular weight excluding hydrogens is 274 g/mol. The van der Waals surface area contributed by atoms with E-state index in [-0.39, 0.29) is 6.54 Å². The SMILES string of the molecule is Cc1cnc(Cn2c(C)c(C(C)C(=O)O)c(C)nc2=O)o1. The van der Waals surface area contributed by atoms with E-state index in [0.717, 1.165) is 0 Å². The first kappa shape index (κ1) is 15.0. The van der Waals surface area contributed by atoms with Crippen LogP contribution in [0.5, 0.6) is 0 Å². The van der Waals surface area contributed by atoms with E-state index in [1.807, 2.05) is 0 Å². The highest BCUT2D eigenvalue weighted by Gasteiger charge is 2.22. The molecule has 2 rings (SSSR count). The average Bonchev–Trinajstić information content (AvgIpc) is 2.79. The van der Waals surface area contributed by atoms with Crippen LogP contribution in [-0.2, 0) is 11.3 Å². The predicted octanol–water partition coefficient (Wildman–Crippen LogP) is 1.39. The lowest BCUT2D eigenvalue weighted by molar-refractivity contribution is -0.138. The van der Waals surface area contributed by atoms with E-state index in [9.17, 15) is 14.7 Å². The summed E-state index contributed by atoms with van der Waals surface area (Å²) in [5, 5.41) is 9.19. The Morgan fingerprint density at radius 3 is 2.62 bits per heavy atom. The molecule has 2 aromatic rings. The first-order valence-electron chi connectivity index (χ1n) is 6.53. The minimum atomic E-state index is -0.958. The summed E-state index contributed by atoms with van der Waals surface area (Å²) in [5.74, 6) is -0.664. The summed E-state index contributed by atoms with van der Waals surface area (Å²) in [4.78, 5) is 31.2. The summed E-state index contributed by atoms with van der Waals surface area (Å²) >= 11 is 0. The van der Waals surface area contributed by atoms with Gasteiger partial charge in [0.1, 0.15) is 12.3 Å². The number of aromatic nitrogens is 3. The number of carbonyl (C=O) groups is 1. The molecule has 0 aliphatic carbocycles. The van der Waals surface area contributed by atoms with E-state index >= 15 is 0 Å². The van der Waals surface area contributed by atoms with Gasteiger partial charge < -0.3 is 9.52 Å². The lowest BCUT2D eigenvalue weighted by Crippen LogP contribution is -2.29. The molecule has 0 fully saturated rings. The molecule has 0 bridgehead atoms. The topological polar surface area (TPSA) is 98.2 Å². The number of carboxylic acids is 1. The summed E-state index contributed by atoms with van der Waals surface area (Å²) in [6, 6.07) is 0. The Morgan fingerprint density at radius 1 is 1.43 bits per heavy atom. The Kier molecular flexibility index (Phi) is 3.93. The molecular formula is C14H17N3O4. The quantitative estimate of drug-likeness (QED) is 0.914. The molecule has 7 nitrogen and oxygen atoms in total. The second-order valence-electron chi connectivity index (χ2n) is 4.99. The number of hydrogen-bond acceptors (Lipinski definition) is 5. The molecule has 2 aromatic heterocycles. The molecule has 0 aromatic carbocycles. The van der Waals surface area contributed by atoms with E-state index < -0.39 is 17.6 Å². The fourth-order valence-electron chi connectivity index (χ4n) is 2.36. The summed E-state index contributed by atoms with van der Waals surface area (Å²) in [7, 11) is 0. The highest BCUT2D eigenvalue weighted by Crippen LogP contribution is 2.21. The number of hydrogen-bond donors (Lipinski definition) is 1. The monoisotopic (exact) mass is 291 g/mol. The summed E-state index contributed by atoms with van der Waals surface area (Å²) in [6.45, 7) is 6.81. The number of aryl methyl sites for hydroxylation is 2. The molecule has 0 saturated heterocycles. The van der Waals surface area contributed by atoms with Crippen LogP contribution in [0.3, 0.4) is 0 Å². The zero-order valence-corrected chi connectivity index (χ0v) is 12.4. The molecule has 0 amide bonds. The molecule has 0 radical (unpaired) electrons. The maximum absolute atomic E-state index is 12.1. The van der Waals surface area contributed by atoms with Crippen LogP contribution in [0, 0.1) is 20.8 Å². The van der Waals surface area contributed by atoms with Crippen LogP contribution in [0.4, 0.5) is 0 Å². The fourth-order valence-corrected chi connectivity index (χ4v) is 2.36. The lowest BCUT2D eigenvalue weighted by Gasteiger charge is -2.17. The van der Waals surface area contributed by atoms with E-state index in [1.165, 1.54) is 4.57 Å². The smallest absolute Gasteiger partial charge is 0.348 e. The normalized spacial score (nSPS) is 12.4. The third-order valence-corrected chi connectivity index (χ3v) is 3.44. The minimum absolute atomic E-state index is 0.130. The predicted molar refractivity (Wildman–Crippen MR) is 74.4 cm³/mol. The summed E-state index contributed by atoms with van der Waals surface area (Å²) < 4.78 is 6.74. The third kappa shape index (κ3) is 2.86. The van der Waals surface area contributed by atoms with Crippen molar-refractivity contribution in [2.24, 2.45) is 0 Å². The molecule has 1 N–H and O–H groups in total. The summed E-state index contributed by atoms with van der Waals surface area (Å²) in [6.07, 6.45) is 1.57. The van der Waals surface area contributed by atoms with E-state index in [0.29, 0.717) is 28.6 Å². The van der Waals surface area contributed by atoms with E-state index in [4.69, 9.17) is 4.42 Å². The zero-order valence-electron chi connectivity index (χ0n) is 12.4. The molecule has 21 heavy (non-hydrogen) atoms. The van der Waals surface area contributed by atoms with Crippen molar-refractivity contribution in [3.63, 3.8) is 0 Å². The van der Waals surface area contributed by atoms with Crippen LogP contribution in [-0.4, -0.2) is 25.6 Å².